The minimum atomic E-state index is 0.722. The van der Waals surface area contributed by atoms with Gasteiger partial charge in [-0.05, 0) is 94.9 Å². The van der Waals surface area contributed by atoms with Crippen LogP contribution in [0.1, 0.15) is 103 Å². The molecule has 6 atom stereocenters. The number of fused-ring (bicyclic) bond motifs is 1. The van der Waals surface area contributed by atoms with Crippen molar-refractivity contribution in [2.75, 3.05) is 0 Å². The summed E-state index contributed by atoms with van der Waals surface area (Å²) in [6.07, 6.45) is 8.39. The highest BCUT2D eigenvalue weighted by Crippen LogP contribution is 2.52. The smallest absolute Gasteiger partial charge is 0.0120 e. The molecule has 0 bridgehead atoms. The second-order valence-corrected chi connectivity index (χ2v) is 11.7. The van der Waals surface area contributed by atoms with Crippen molar-refractivity contribution < 1.29 is 0 Å². The average molecular weight is 405 g/mol. The van der Waals surface area contributed by atoms with Crippen LogP contribution in [0.3, 0.4) is 0 Å². The van der Waals surface area contributed by atoms with E-state index in [2.05, 4.69) is 77.9 Å². The van der Waals surface area contributed by atoms with Crippen LogP contribution in [0.15, 0.2) is 36.4 Å². The van der Waals surface area contributed by atoms with E-state index in [1.165, 1.54) is 43.9 Å². The molecule has 0 saturated heterocycles. The maximum atomic E-state index is 2.56. The Kier molecular flexibility index (Phi) is 6.61. The average Bonchev–Trinajstić information content (AvgIpc) is 2.72. The molecular formula is C30H44. The van der Waals surface area contributed by atoms with Crippen molar-refractivity contribution in [2.24, 2.45) is 35.5 Å². The maximum absolute atomic E-state index is 2.56. The first kappa shape index (κ1) is 21.9. The highest BCUT2D eigenvalue weighted by atomic mass is 14.4. The fraction of sp³-hybridized carbons (Fsp3) is 0.667. The highest BCUT2D eigenvalue weighted by molar-refractivity contribution is 5.87. The van der Waals surface area contributed by atoms with Gasteiger partial charge in [0.1, 0.15) is 0 Å². The van der Waals surface area contributed by atoms with E-state index in [0.29, 0.717) is 0 Å². The molecule has 0 aromatic heterocycles. The summed E-state index contributed by atoms with van der Waals surface area (Å²) in [4.78, 5) is 0. The molecular weight excluding hydrogens is 360 g/mol. The van der Waals surface area contributed by atoms with Gasteiger partial charge in [-0.2, -0.15) is 0 Å². The summed E-state index contributed by atoms with van der Waals surface area (Å²) in [6.45, 7) is 14.9. The fourth-order valence-corrected chi connectivity index (χ4v) is 7.14. The first-order valence-electron chi connectivity index (χ1n) is 12.9. The van der Waals surface area contributed by atoms with E-state index in [1.807, 2.05) is 0 Å². The molecule has 30 heavy (non-hydrogen) atoms. The third-order valence-corrected chi connectivity index (χ3v) is 8.82. The molecule has 2 fully saturated rings. The second kappa shape index (κ2) is 9.05. The minimum absolute atomic E-state index is 0.722. The fourth-order valence-electron chi connectivity index (χ4n) is 7.14. The molecule has 0 heteroatoms. The van der Waals surface area contributed by atoms with Crippen LogP contribution in [0.4, 0.5) is 0 Å². The minimum Gasteiger partial charge on any atom is -0.0625 e. The molecule has 0 nitrogen and oxygen atoms in total. The summed E-state index contributed by atoms with van der Waals surface area (Å²) in [7, 11) is 0. The Morgan fingerprint density at radius 3 is 1.87 bits per heavy atom. The van der Waals surface area contributed by atoms with Crippen molar-refractivity contribution in [3.63, 3.8) is 0 Å². The molecule has 2 aromatic rings. The van der Waals surface area contributed by atoms with Crippen molar-refractivity contribution in [2.45, 2.75) is 91.9 Å². The predicted octanol–water partition coefficient (Wildman–Crippen LogP) is 9.19. The molecule has 0 radical (unpaired) electrons. The SMILES string of the molecule is CC1CCC(C(C)C)C(c2ccc3ccccc3c2C2CC(C)CCC2C(C)C)C1. The van der Waals surface area contributed by atoms with Gasteiger partial charge in [0.05, 0.1) is 0 Å². The summed E-state index contributed by atoms with van der Waals surface area (Å²) in [5, 5.41) is 3.00. The second-order valence-electron chi connectivity index (χ2n) is 11.7. The first-order chi connectivity index (χ1) is 14.4. The van der Waals surface area contributed by atoms with Crippen LogP contribution >= 0.6 is 0 Å². The maximum Gasteiger partial charge on any atom is -0.0120 e. The van der Waals surface area contributed by atoms with Gasteiger partial charge >= 0.3 is 0 Å². The Balaban J connectivity index is 1.90. The molecule has 2 aliphatic rings. The highest BCUT2D eigenvalue weighted by Gasteiger charge is 2.38. The van der Waals surface area contributed by atoms with Crippen LogP contribution < -0.4 is 0 Å². The van der Waals surface area contributed by atoms with Gasteiger partial charge in [-0.25, -0.2) is 0 Å². The standard InChI is InChI=1S/C30H44/c1-19(2)24-14-11-21(5)17-28(24)27-16-13-23-9-7-8-10-26(23)30(27)29-18-22(6)12-15-25(29)20(3)4/h7-10,13,16,19-22,24-25,28-29H,11-12,14-15,17-18H2,1-6H3. The number of hydrogen-bond acceptors (Lipinski definition) is 0. The molecule has 0 heterocycles. The zero-order chi connectivity index (χ0) is 21.4. The van der Waals surface area contributed by atoms with Crippen molar-refractivity contribution in [1.29, 1.82) is 0 Å². The van der Waals surface area contributed by atoms with Crippen LogP contribution in [-0.2, 0) is 0 Å². The monoisotopic (exact) mass is 404 g/mol. The molecule has 2 aromatic carbocycles. The summed E-state index contributed by atoms with van der Waals surface area (Å²) in [5.74, 6) is 6.36. The van der Waals surface area contributed by atoms with Gasteiger partial charge in [-0.15, -0.1) is 0 Å². The lowest BCUT2D eigenvalue weighted by Gasteiger charge is -2.43. The van der Waals surface area contributed by atoms with Gasteiger partial charge in [0.25, 0.3) is 0 Å². The van der Waals surface area contributed by atoms with Gasteiger partial charge in [0, 0.05) is 0 Å². The number of rotatable bonds is 4. The van der Waals surface area contributed by atoms with E-state index in [-0.39, 0.29) is 0 Å². The van der Waals surface area contributed by atoms with Crippen LogP contribution in [0.25, 0.3) is 10.8 Å². The Morgan fingerprint density at radius 2 is 1.23 bits per heavy atom. The lowest BCUT2D eigenvalue weighted by atomic mass is 9.62. The molecule has 6 unspecified atom stereocenters. The quantitative estimate of drug-likeness (QED) is 0.476. The molecule has 0 aliphatic heterocycles. The van der Waals surface area contributed by atoms with E-state index < -0.39 is 0 Å². The predicted molar refractivity (Wildman–Crippen MR) is 132 cm³/mol. The van der Waals surface area contributed by atoms with E-state index in [1.54, 1.807) is 16.5 Å². The van der Waals surface area contributed by atoms with E-state index in [4.69, 9.17) is 0 Å². The van der Waals surface area contributed by atoms with Gasteiger partial charge in [-0.3, -0.25) is 0 Å². The zero-order valence-electron chi connectivity index (χ0n) is 20.3. The van der Waals surface area contributed by atoms with Crippen molar-refractivity contribution >= 4 is 10.8 Å². The Labute approximate surface area is 185 Å². The summed E-state index contributed by atoms with van der Waals surface area (Å²) in [6, 6.07) is 14.3. The normalized spacial score (nSPS) is 32.8. The number of hydrogen-bond donors (Lipinski definition) is 0. The molecule has 0 amide bonds. The molecule has 4 rings (SSSR count). The Hall–Kier alpha value is -1.30. The van der Waals surface area contributed by atoms with Crippen LogP contribution in [-0.4, -0.2) is 0 Å². The van der Waals surface area contributed by atoms with Crippen LogP contribution in [0.5, 0.6) is 0 Å². The van der Waals surface area contributed by atoms with Gasteiger partial charge in [0.2, 0.25) is 0 Å². The van der Waals surface area contributed by atoms with E-state index >= 15 is 0 Å². The summed E-state index contributed by atoms with van der Waals surface area (Å²) >= 11 is 0. The van der Waals surface area contributed by atoms with E-state index in [0.717, 1.165) is 47.3 Å². The van der Waals surface area contributed by atoms with E-state index in [9.17, 15) is 0 Å². The van der Waals surface area contributed by atoms with Crippen LogP contribution in [0, 0.1) is 35.5 Å². The topological polar surface area (TPSA) is 0 Å². The van der Waals surface area contributed by atoms with Crippen molar-refractivity contribution in [1.82, 2.24) is 0 Å². The third-order valence-electron chi connectivity index (χ3n) is 8.82. The molecule has 2 aliphatic carbocycles. The molecule has 0 spiro atoms. The Morgan fingerprint density at radius 1 is 0.667 bits per heavy atom. The summed E-state index contributed by atoms with van der Waals surface area (Å²) in [5.41, 5.74) is 3.48. The largest absolute Gasteiger partial charge is 0.0625 e. The summed E-state index contributed by atoms with van der Waals surface area (Å²) < 4.78 is 0. The third kappa shape index (κ3) is 4.21. The molecule has 2 saturated carbocycles. The van der Waals surface area contributed by atoms with Gasteiger partial charge in [-0.1, -0.05) is 90.8 Å². The zero-order valence-corrected chi connectivity index (χ0v) is 20.3. The van der Waals surface area contributed by atoms with Crippen LogP contribution in [0.2, 0.25) is 0 Å². The van der Waals surface area contributed by atoms with Gasteiger partial charge in [0.15, 0.2) is 0 Å². The number of benzene rings is 2. The lowest BCUT2D eigenvalue weighted by Crippen LogP contribution is -2.30. The lowest BCUT2D eigenvalue weighted by molar-refractivity contribution is 0.184. The Bertz CT molecular complexity index is 844. The first-order valence-corrected chi connectivity index (χ1v) is 12.9. The molecule has 0 N–H and O–H groups in total. The van der Waals surface area contributed by atoms with Crippen molar-refractivity contribution in [3.8, 4) is 0 Å². The van der Waals surface area contributed by atoms with Crippen molar-refractivity contribution in [3.05, 3.63) is 47.5 Å². The molecule has 164 valence electrons. The van der Waals surface area contributed by atoms with Gasteiger partial charge < -0.3 is 0 Å².